The van der Waals surface area contributed by atoms with Gasteiger partial charge in [0.15, 0.2) is 0 Å². The van der Waals surface area contributed by atoms with Gasteiger partial charge in [0, 0.05) is 25.9 Å². The minimum atomic E-state index is -3.70. The maximum Gasteiger partial charge on any atom is 0.249 e. The smallest absolute Gasteiger partial charge is 0.249 e. The molecule has 1 aliphatic heterocycles. The van der Waals surface area contributed by atoms with E-state index in [0.29, 0.717) is 4.90 Å². The van der Waals surface area contributed by atoms with Crippen LogP contribution in [0.5, 0.6) is 0 Å². The van der Waals surface area contributed by atoms with Crippen molar-refractivity contribution in [1.29, 1.82) is 0 Å². The first-order valence-electron chi connectivity index (χ1n) is 14.4. The van der Waals surface area contributed by atoms with Crippen LogP contribution in [-0.4, -0.2) is 53.5 Å². The molecule has 7 heteroatoms. The van der Waals surface area contributed by atoms with Gasteiger partial charge in [-0.05, 0) is 30.3 Å². The molecule has 0 aliphatic carbocycles. The van der Waals surface area contributed by atoms with Crippen molar-refractivity contribution >= 4 is 17.7 Å². The van der Waals surface area contributed by atoms with Crippen LogP contribution in [0.15, 0.2) is 24.2 Å². The molecule has 0 unspecified atom stereocenters. The van der Waals surface area contributed by atoms with E-state index < -0.39 is 104 Å². The van der Waals surface area contributed by atoms with Crippen LogP contribution in [0, 0.1) is 5.89 Å². The van der Waals surface area contributed by atoms with E-state index in [1.54, 1.807) is 0 Å². The number of hydrogen-bond donors (Lipinski definition) is 3. The lowest BCUT2D eigenvalue weighted by molar-refractivity contribution is -0.137. The molecule has 3 N–H and O–H groups in total. The topological polar surface area (TPSA) is 98.7 Å². The van der Waals surface area contributed by atoms with Gasteiger partial charge in [0.1, 0.15) is 18.2 Å². The highest BCUT2D eigenvalue weighted by molar-refractivity contribution is 5.93. The third kappa shape index (κ3) is 4.40. The summed E-state index contributed by atoms with van der Waals surface area (Å²) in [6.45, 7) is -7.19. The summed E-state index contributed by atoms with van der Waals surface area (Å²) in [6.07, 6.45) is -5.60. The quantitative estimate of drug-likeness (QED) is 0.693. The zero-order valence-corrected chi connectivity index (χ0v) is 14.0. The van der Waals surface area contributed by atoms with E-state index in [4.69, 9.17) is 19.2 Å². The molecule has 26 heavy (non-hydrogen) atoms. The van der Waals surface area contributed by atoms with Crippen LogP contribution in [0.1, 0.15) is 57.0 Å². The second-order valence-corrected chi connectivity index (χ2v) is 5.50. The number of amides is 3. The van der Waals surface area contributed by atoms with Gasteiger partial charge in [-0.3, -0.25) is 14.4 Å². The van der Waals surface area contributed by atoms with Gasteiger partial charge >= 0.3 is 0 Å². The largest absolute Gasteiger partial charge is 0.383 e. The van der Waals surface area contributed by atoms with Crippen LogP contribution in [0.3, 0.4) is 0 Å². The summed E-state index contributed by atoms with van der Waals surface area (Å²) in [5, 5.41) is 14.0. The first-order valence-corrected chi connectivity index (χ1v) is 7.44. The zero-order valence-electron chi connectivity index (χ0n) is 28.0. The highest BCUT2D eigenvalue weighted by Gasteiger charge is 2.32. The van der Waals surface area contributed by atoms with Crippen LogP contribution >= 0.6 is 0 Å². The Labute approximate surface area is 173 Å². The van der Waals surface area contributed by atoms with Crippen molar-refractivity contribution in [2.24, 2.45) is 5.89 Å². The number of nitrogens with one attached hydrogen (secondary N) is 2. The second-order valence-electron chi connectivity index (χ2n) is 5.50. The normalized spacial score (nSPS) is 33.3. The molecule has 0 radical (unpaired) electrons. The monoisotopic (exact) mass is 375 g/mol. The number of carbonyl (C=O) groups is 3. The zero-order chi connectivity index (χ0) is 31.5. The summed E-state index contributed by atoms with van der Waals surface area (Å²) < 4.78 is 110. The van der Waals surface area contributed by atoms with Crippen molar-refractivity contribution in [3.63, 3.8) is 0 Å². The molecular formula is C19H27N3O4. The minimum absolute atomic E-state index is 0.688. The molecule has 0 spiro atoms. The summed E-state index contributed by atoms with van der Waals surface area (Å²) in [5.41, 5.74) is -1.65. The molecular weight excluding hydrogens is 334 g/mol. The molecule has 1 aromatic carbocycles. The van der Waals surface area contributed by atoms with Gasteiger partial charge in [-0.25, -0.2) is 0 Å². The first-order chi connectivity index (χ1) is 17.8. The maximum atomic E-state index is 13.2. The highest BCUT2D eigenvalue weighted by atomic mass is 16.3. The van der Waals surface area contributed by atoms with Gasteiger partial charge in [-0.2, -0.15) is 0 Å². The summed E-state index contributed by atoms with van der Waals surface area (Å²) >= 11 is 0. The highest BCUT2D eigenvalue weighted by Crippen LogP contribution is 2.24. The number of likely N-dealkylation sites (N-methyl/N-ethyl adjacent to an activating group) is 1. The fourth-order valence-electron chi connectivity index (χ4n) is 2.04. The van der Waals surface area contributed by atoms with Gasteiger partial charge in [-0.1, -0.05) is 37.9 Å². The van der Waals surface area contributed by atoms with Crippen molar-refractivity contribution in [1.82, 2.24) is 15.5 Å². The van der Waals surface area contributed by atoms with Gasteiger partial charge in [0.2, 0.25) is 17.7 Å². The number of nitrogens with zero attached hydrogens (tertiary/aromatic N) is 1. The molecule has 0 saturated carbocycles. The molecule has 0 bridgehead atoms. The molecule has 142 valence electrons. The number of benzene rings is 1. The average Bonchev–Trinajstić information content (AvgIpc) is 2.85. The lowest BCUT2D eigenvalue weighted by Gasteiger charge is -2.24. The van der Waals surface area contributed by atoms with Crippen LogP contribution in [0.4, 0.5) is 0 Å². The van der Waals surface area contributed by atoms with E-state index in [2.05, 4.69) is 0 Å². The van der Waals surface area contributed by atoms with Crippen molar-refractivity contribution < 1.29 is 38.7 Å². The number of aliphatic hydroxyl groups excluding tert-OH is 1. The average molecular weight is 376 g/mol. The van der Waals surface area contributed by atoms with E-state index in [0.717, 1.165) is 14.0 Å². The molecule has 3 atom stereocenters. The maximum absolute atomic E-state index is 13.2. The third-order valence-electron chi connectivity index (χ3n) is 3.51. The van der Waals surface area contributed by atoms with E-state index in [1.165, 1.54) is 0 Å². The molecule has 0 saturated heterocycles. The predicted molar refractivity (Wildman–Crippen MR) is 97.1 cm³/mol. The van der Waals surface area contributed by atoms with Crippen LogP contribution in [-0.2, 0) is 20.8 Å². The van der Waals surface area contributed by atoms with E-state index in [-0.39, 0.29) is 0 Å². The van der Waals surface area contributed by atoms with Crippen molar-refractivity contribution in [2.75, 3.05) is 13.6 Å². The Morgan fingerprint density at radius 1 is 1.46 bits per heavy atom. The fraction of sp³-hybridized carbons (Fsp3) is 0.526. The molecule has 1 aliphatic rings. The van der Waals surface area contributed by atoms with Crippen molar-refractivity contribution in [3.05, 3.63) is 35.3 Å². The Kier molecular flexibility index (Phi) is 2.58. The molecule has 7 nitrogen and oxygen atoms in total. The number of rotatable bonds is 5. The Bertz CT molecular complexity index is 1220. The number of aliphatic hydroxyl groups is 1. The Hall–Kier alpha value is -2.41. The van der Waals surface area contributed by atoms with Gasteiger partial charge < -0.3 is 20.6 Å². The Morgan fingerprint density at radius 3 is 2.85 bits per heavy atom. The second kappa shape index (κ2) is 8.31. The van der Waals surface area contributed by atoms with Crippen molar-refractivity contribution in [3.8, 4) is 0 Å². The molecule has 0 fully saturated rings. The van der Waals surface area contributed by atoms with Crippen LogP contribution in [0.2, 0.25) is 0 Å². The molecule has 0 aromatic heterocycles. The SMILES string of the molecule is [2H]c1c([2H])c([2H])c2c(c1[2H])C([2H])([2H])CN(C)C(=O)[C@@]2([2H])NC(=O)[C@H](C)NC(=O)[C@@H](O)C([2H])(C([2H])([2H])[2H])C([2H])([2H])[2H]. The van der Waals surface area contributed by atoms with Gasteiger partial charge in [0.25, 0.3) is 0 Å². The van der Waals surface area contributed by atoms with Crippen LogP contribution < -0.4 is 10.6 Å². The summed E-state index contributed by atoms with van der Waals surface area (Å²) in [6, 6.07) is -8.54. The number of carbonyl (C=O) groups excluding carboxylic acids is 3. The lowest BCUT2D eigenvalue weighted by Crippen LogP contribution is -2.51. The molecule has 1 aromatic rings. The summed E-state index contributed by atoms with van der Waals surface area (Å²) in [5.74, 6) is -8.16. The Morgan fingerprint density at radius 2 is 2.15 bits per heavy atom. The number of hydrogen-bond acceptors (Lipinski definition) is 4. The molecule has 2 rings (SSSR count). The summed E-state index contributed by atoms with van der Waals surface area (Å²) in [4.78, 5) is 39.6. The van der Waals surface area contributed by atoms with E-state index in [1.807, 2.05) is 10.6 Å². The Balaban J connectivity index is 2.54. The van der Waals surface area contributed by atoms with E-state index >= 15 is 0 Å². The van der Waals surface area contributed by atoms with Crippen molar-refractivity contribution in [2.45, 2.75) is 45.2 Å². The van der Waals surface area contributed by atoms with E-state index in [9.17, 15) is 19.5 Å². The van der Waals surface area contributed by atoms with Gasteiger partial charge in [0.05, 0.1) is 6.85 Å². The number of fused-ring (bicyclic) bond motifs is 1. The van der Waals surface area contributed by atoms with Crippen LogP contribution in [0.25, 0.3) is 0 Å². The molecule has 1 heterocycles. The summed E-state index contributed by atoms with van der Waals surface area (Å²) in [7, 11) is 1.07. The van der Waals surface area contributed by atoms with Gasteiger partial charge in [-0.15, -0.1) is 0 Å². The predicted octanol–water partition coefficient (Wildman–Crippen LogP) is 0.380. The lowest BCUT2D eigenvalue weighted by atomic mass is 9.99. The molecule has 3 amide bonds. The fourth-order valence-corrected chi connectivity index (χ4v) is 2.04. The third-order valence-corrected chi connectivity index (χ3v) is 3.51. The minimum Gasteiger partial charge on any atom is -0.383 e. The standard InChI is InChI=1S/C19H27N3O4/c1-11(2)16(23)18(25)20-12(3)17(24)21-15-14-8-6-5-7-13(14)9-10-22(4)19(15)26/h5-8,11-12,15-16,23H,9-10H2,1-4H3,(H,20,25)(H,21,24)/t12-,15-,16-/m0/s1/i1D3,2D3,5D,6D,7D,8D,9D2,11D,15D. The first kappa shape index (κ1) is 8.08.